The molecule has 11 heteroatoms. The minimum atomic E-state index is -4.46. The third-order valence-electron chi connectivity index (χ3n) is 7.36. The van der Waals surface area contributed by atoms with Gasteiger partial charge in [0.15, 0.2) is 5.65 Å². The van der Waals surface area contributed by atoms with Gasteiger partial charge in [0.05, 0.1) is 34.5 Å². The summed E-state index contributed by atoms with van der Waals surface area (Å²) in [6.07, 6.45) is -4.46. The molecule has 2 aromatic heterocycles. The summed E-state index contributed by atoms with van der Waals surface area (Å²) >= 11 is 0. The molecule has 0 saturated carbocycles. The number of pyridine rings is 1. The number of benzene rings is 3. The van der Waals surface area contributed by atoms with E-state index in [0.29, 0.717) is 44.7 Å². The number of piperazine rings is 1. The van der Waals surface area contributed by atoms with Gasteiger partial charge in [-0.1, -0.05) is 48.5 Å². The molecular formula is C31H26ClF3N6O. The minimum absolute atomic E-state index is 0. The number of aromatic amines is 1. The zero-order chi connectivity index (χ0) is 28.6. The van der Waals surface area contributed by atoms with Gasteiger partial charge in [0, 0.05) is 48.6 Å². The lowest BCUT2D eigenvalue weighted by atomic mass is 9.91. The Kier molecular flexibility index (Phi) is 8.18. The second-order valence-electron chi connectivity index (χ2n) is 9.83. The number of hydrogen-bond donors (Lipinski definition) is 3. The number of fused-ring (bicyclic) bond motifs is 1. The molecule has 3 aromatic carbocycles. The maximum absolute atomic E-state index is 13.2. The van der Waals surface area contributed by atoms with Gasteiger partial charge in [-0.2, -0.15) is 23.5 Å². The van der Waals surface area contributed by atoms with E-state index in [0.717, 1.165) is 55.1 Å². The first-order chi connectivity index (χ1) is 19.9. The predicted molar refractivity (Wildman–Crippen MR) is 158 cm³/mol. The van der Waals surface area contributed by atoms with E-state index in [2.05, 4.69) is 26.5 Å². The maximum atomic E-state index is 13.2. The van der Waals surface area contributed by atoms with Crippen LogP contribution in [0.25, 0.3) is 44.7 Å². The van der Waals surface area contributed by atoms with Gasteiger partial charge in [0.1, 0.15) is 6.07 Å². The first-order valence-corrected chi connectivity index (χ1v) is 13.1. The van der Waals surface area contributed by atoms with Crippen LogP contribution in [-0.2, 0) is 12.8 Å². The van der Waals surface area contributed by atoms with Gasteiger partial charge in [0.25, 0.3) is 0 Å². The van der Waals surface area contributed by atoms with E-state index in [1.165, 1.54) is 12.1 Å². The Labute approximate surface area is 246 Å². The summed E-state index contributed by atoms with van der Waals surface area (Å²) in [6.45, 7) is 3.45. The van der Waals surface area contributed by atoms with Crippen molar-refractivity contribution in [2.45, 2.75) is 12.8 Å². The van der Waals surface area contributed by atoms with Crippen LogP contribution in [-0.4, -0.2) is 46.5 Å². The largest absolute Gasteiger partial charge is 0.416 e. The SMILES string of the molecule is Cl.N#Cc1c(-c2ccc(CO)cc2)nc2n[nH]c(-c3ccc(C(F)(F)F)cc3)c2c1-c1ccc(N2CCNCC2)cc1. The fourth-order valence-corrected chi connectivity index (χ4v) is 5.23. The molecule has 7 nitrogen and oxygen atoms in total. The lowest BCUT2D eigenvalue weighted by molar-refractivity contribution is -0.137. The van der Waals surface area contributed by atoms with Gasteiger partial charge in [-0.15, -0.1) is 12.4 Å². The van der Waals surface area contributed by atoms with Gasteiger partial charge < -0.3 is 15.3 Å². The summed E-state index contributed by atoms with van der Waals surface area (Å²) in [5.41, 5.74) is 5.11. The van der Waals surface area contributed by atoms with Crippen molar-refractivity contribution in [1.82, 2.24) is 20.5 Å². The van der Waals surface area contributed by atoms with E-state index >= 15 is 0 Å². The first-order valence-electron chi connectivity index (χ1n) is 13.1. The van der Waals surface area contributed by atoms with Crippen molar-refractivity contribution < 1.29 is 18.3 Å². The monoisotopic (exact) mass is 590 g/mol. The number of alkyl halides is 3. The number of aliphatic hydroxyl groups excluding tert-OH is 1. The highest BCUT2D eigenvalue weighted by molar-refractivity contribution is 6.06. The van der Waals surface area contributed by atoms with Gasteiger partial charge in [-0.3, -0.25) is 5.10 Å². The molecule has 0 aliphatic carbocycles. The highest BCUT2D eigenvalue weighted by atomic mass is 35.5. The topological polar surface area (TPSA) is 101 Å². The predicted octanol–water partition coefficient (Wildman–Crippen LogP) is 6.17. The van der Waals surface area contributed by atoms with Gasteiger partial charge >= 0.3 is 6.18 Å². The number of rotatable bonds is 5. The number of halogens is 4. The Hall–Kier alpha value is -4.43. The molecule has 214 valence electrons. The molecule has 0 amide bonds. The van der Waals surface area contributed by atoms with E-state index < -0.39 is 11.7 Å². The summed E-state index contributed by atoms with van der Waals surface area (Å²) in [7, 11) is 0. The lowest BCUT2D eigenvalue weighted by Gasteiger charge is -2.29. The van der Waals surface area contributed by atoms with Crippen molar-refractivity contribution in [1.29, 1.82) is 5.26 Å². The molecule has 1 saturated heterocycles. The minimum Gasteiger partial charge on any atom is -0.392 e. The number of nitrogens with one attached hydrogen (secondary N) is 2. The number of hydrogen-bond acceptors (Lipinski definition) is 6. The van der Waals surface area contributed by atoms with Crippen molar-refractivity contribution in [3.63, 3.8) is 0 Å². The first kappa shape index (κ1) is 29.1. The molecule has 3 heterocycles. The average Bonchev–Trinajstić information content (AvgIpc) is 3.44. The molecule has 0 bridgehead atoms. The average molecular weight is 591 g/mol. The molecule has 1 fully saturated rings. The third-order valence-corrected chi connectivity index (χ3v) is 7.36. The fourth-order valence-electron chi connectivity index (χ4n) is 5.23. The van der Waals surface area contributed by atoms with Crippen LogP contribution in [0.15, 0.2) is 72.8 Å². The van der Waals surface area contributed by atoms with E-state index in [1.54, 1.807) is 24.3 Å². The fraction of sp³-hybridized carbons (Fsp3) is 0.194. The normalized spacial score (nSPS) is 13.5. The summed E-state index contributed by atoms with van der Waals surface area (Å²) in [4.78, 5) is 7.01. The van der Waals surface area contributed by atoms with Gasteiger partial charge in [-0.05, 0) is 35.4 Å². The summed E-state index contributed by atoms with van der Waals surface area (Å²) in [5.74, 6) is 0. The number of nitrogens with zero attached hydrogens (tertiary/aromatic N) is 4. The van der Waals surface area contributed by atoms with Crippen molar-refractivity contribution in [2.24, 2.45) is 0 Å². The zero-order valence-electron chi connectivity index (χ0n) is 22.2. The van der Waals surface area contributed by atoms with Crippen molar-refractivity contribution in [2.75, 3.05) is 31.1 Å². The molecule has 0 atom stereocenters. The van der Waals surface area contributed by atoms with Crippen molar-refractivity contribution in [3.05, 3.63) is 89.5 Å². The number of aromatic nitrogens is 3. The van der Waals surface area contributed by atoms with Crippen LogP contribution >= 0.6 is 12.4 Å². The van der Waals surface area contributed by atoms with E-state index in [4.69, 9.17) is 4.98 Å². The van der Waals surface area contributed by atoms with Gasteiger partial charge in [0.2, 0.25) is 0 Å². The Balaban J connectivity index is 0.00000353. The molecule has 0 unspecified atom stereocenters. The van der Waals surface area contributed by atoms with Crippen LogP contribution in [0.2, 0.25) is 0 Å². The second-order valence-corrected chi connectivity index (χ2v) is 9.83. The van der Waals surface area contributed by atoms with E-state index in [1.807, 2.05) is 24.3 Å². The summed E-state index contributed by atoms with van der Waals surface area (Å²) in [6, 6.07) is 22.2. The van der Waals surface area contributed by atoms with E-state index in [9.17, 15) is 23.5 Å². The number of aliphatic hydroxyl groups is 1. The van der Waals surface area contributed by atoms with Crippen LogP contribution in [0.3, 0.4) is 0 Å². The molecule has 3 N–H and O–H groups in total. The van der Waals surface area contributed by atoms with Crippen molar-refractivity contribution in [3.8, 4) is 39.7 Å². The van der Waals surface area contributed by atoms with Crippen LogP contribution in [0, 0.1) is 11.3 Å². The maximum Gasteiger partial charge on any atom is 0.416 e. The highest BCUT2D eigenvalue weighted by Gasteiger charge is 2.30. The Morgan fingerprint density at radius 3 is 2.10 bits per heavy atom. The second kappa shape index (κ2) is 11.8. The number of anilines is 1. The molecule has 5 aromatic rings. The van der Waals surface area contributed by atoms with Crippen LogP contribution < -0.4 is 10.2 Å². The molecule has 0 spiro atoms. The molecule has 1 aliphatic heterocycles. The third kappa shape index (κ3) is 5.42. The molecule has 6 rings (SSSR count). The molecule has 1 aliphatic rings. The Morgan fingerprint density at radius 2 is 1.50 bits per heavy atom. The Bertz CT molecular complexity index is 1740. The number of nitriles is 1. The zero-order valence-corrected chi connectivity index (χ0v) is 23.1. The van der Waals surface area contributed by atoms with Crippen LogP contribution in [0.1, 0.15) is 16.7 Å². The number of H-pyrrole nitrogens is 1. The molecule has 42 heavy (non-hydrogen) atoms. The lowest BCUT2D eigenvalue weighted by Crippen LogP contribution is -2.43. The van der Waals surface area contributed by atoms with E-state index in [-0.39, 0.29) is 19.0 Å². The molecular weight excluding hydrogens is 565 g/mol. The standard InChI is InChI=1S/C31H25F3N6O.ClH/c32-31(33,34)23-9-5-22(6-10-23)29-27-26(20-7-11-24(12-8-20)40-15-13-36-14-16-40)25(17-35)28(37-30(27)39-38-29)21-3-1-19(18-41)2-4-21;/h1-12,36,41H,13-16,18H2,(H,37,38,39);1H. The quantitative estimate of drug-likeness (QED) is 0.226. The summed E-state index contributed by atoms with van der Waals surface area (Å²) in [5, 5.41) is 31.2. The van der Waals surface area contributed by atoms with Crippen molar-refractivity contribution >= 4 is 29.1 Å². The smallest absolute Gasteiger partial charge is 0.392 e. The van der Waals surface area contributed by atoms with Gasteiger partial charge in [-0.25, -0.2) is 4.98 Å². The van der Waals surface area contributed by atoms with Crippen LogP contribution in [0.4, 0.5) is 18.9 Å². The van der Waals surface area contributed by atoms with Crippen LogP contribution in [0.5, 0.6) is 0 Å². The Morgan fingerprint density at radius 1 is 0.881 bits per heavy atom. The summed E-state index contributed by atoms with van der Waals surface area (Å²) < 4.78 is 39.7. The highest BCUT2D eigenvalue weighted by Crippen LogP contribution is 2.41. The molecule has 0 radical (unpaired) electrons.